The Labute approximate surface area is 163 Å². The maximum Gasteiger partial charge on any atom is 0.381 e. The molecule has 0 atom stereocenters. The summed E-state index contributed by atoms with van der Waals surface area (Å²) >= 11 is 0. The second-order valence-corrected chi connectivity index (χ2v) is 6.35. The van der Waals surface area contributed by atoms with Gasteiger partial charge in [0.2, 0.25) is 0 Å². The lowest BCUT2D eigenvalue weighted by atomic mass is 10.2. The van der Waals surface area contributed by atoms with Gasteiger partial charge in [-0.1, -0.05) is 13.5 Å². The Hall–Kier alpha value is -1.77. The van der Waals surface area contributed by atoms with Gasteiger partial charge in [0.05, 0.1) is 0 Å². The van der Waals surface area contributed by atoms with Crippen LogP contribution in [0.2, 0.25) is 0 Å². The van der Waals surface area contributed by atoms with E-state index in [1.807, 2.05) is 6.92 Å². The van der Waals surface area contributed by atoms with E-state index < -0.39 is 11.9 Å². The van der Waals surface area contributed by atoms with Crippen LogP contribution in [0.3, 0.4) is 0 Å². The molecule has 0 saturated heterocycles. The van der Waals surface area contributed by atoms with Crippen molar-refractivity contribution in [3.8, 4) is 0 Å². The van der Waals surface area contributed by atoms with Crippen molar-refractivity contribution in [1.82, 2.24) is 0 Å². The van der Waals surface area contributed by atoms with Gasteiger partial charge in [0.15, 0.2) is 0 Å². The Morgan fingerprint density at radius 2 is 1.19 bits per heavy atom. The van der Waals surface area contributed by atoms with Crippen LogP contribution in [0.25, 0.3) is 0 Å². The highest BCUT2D eigenvalue weighted by Crippen LogP contribution is 1.99. The van der Waals surface area contributed by atoms with Gasteiger partial charge >= 0.3 is 11.9 Å². The van der Waals surface area contributed by atoms with Crippen LogP contribution in [-0.2, 0) is 24.2 Å². The van der Waals surface area contributed by atoms with E-state index >= 15 is 0 Å². The zero-order valence-corrected chi connectivity index (χ0v) is 17.9. The number of aliphatic hydroxyl groups excluding tert-OH is 3. The number of hydrogen-bond donors (Lipinski definition) is 3. The average Bonchev–Trinajstić information content (AvgIpc) is 2.42. The minimum absolute atomic E-state index is 0.114. The second kappa shape index (κ2) is 22.3. The quantitative estimate of drug-likeness (QED) is 0.281. The molecule has 8 nitrogen and oxygen atoms in total. The van der Waals surface area contributed by atoms with Crippen LogP contribution in [0.1, 0.15) is 74.7 Å². The lowest BCUT2D eigenvalue weighted by molar-refractivity contribution is -0.255. The number of carbonyl (C=O) groups is 3. The molecule has 0 radical (unpaired) electrons. The lowest BCUT2D eigenvalue weighted by Gasteiger charge is -2.01. The molecule has 0 aliphatic carbocycles. The van der Waals surface area contributed by atoms with Gasteiger partial charge < -0.3 is 15.3 Å². The van der Waals surface area contributed by atoms with E-state index in [0.717, 1.165) is 0 Å². The molecule has 0 unspecified atom stereocenters. The van der Waals surface area contributed by atoms with Gasteiger partial charge in [0.25, 0.3) is 0 Å². The molecule has 0 bridgehead atoms. The van der Waals surface area contributed by atoms with E-state index in [2.05, 4.69) is 16.4 Å². The van der Waals surface area contributed by atoms with E-state index in [9.17, 15) is 14.4 Å². The topological polar surface area (TPSA) is 130 Å². The average molecular weight is 395 g/mol. The summed E-state index contributed by atoms with van der Waals surface area (Å²) in [4.78, 5) is 40.9. The van der Waals surface area contributed by atoms with Crippen molar-refractivity contribution in [2.45, 2.75) is 93.0 Å². The fourth-order valence-electron chi connectivity index (χ4n) is 0.713. The first kappa shape index (κ1) is 32.9. The Kier molecular flexibility index (Phi) is 27.1. The summed E-state index contributed by atoms with van der Waals surface area (Å²) in [5, 5.41) is 24.2. The normalized spacial score (nSPS) is 9.11. The summed E-state index contributed by atoms with van der Waals surface area (Å²) in [5.74, 6) is -1.94. The third kappa shape index (κ3) is 59.1. The zero-order chi connectivity index (χ0) is 22.6. The molecule has 0 aromatic rings. The van der Waals surface area contributed by atoms with Gasteiger partial charge in [0.1, 0.15) is 12.2 Å². The maximum absolute atomic E-state index is 11.0. The van der Waals surface area contributed by atoms with E-state index in [0.29, 0.717) is 12.8 Å². The van der Waals surface area contributed by atoms with Gasteiger partial charge in [-0.25, -0.2) is 19.4 Å². The summed E-state index contributed by atoms with van der Waals surface area (Å²) in [7, 11) is 0. The number of ketones is 1. The van der Waals surface area contributed by atoms with E-state index in [4.69, 9.17) is 15.3 Å². The Morgan fingerprint density at radius 1 is 0.852 bits per heavy atom. The second-order valence-electron chi connectivity index (χ2n) is 6.35. The van der Waals surface area contributed by atoms with Crippen molar-refractivity contribution in [3.63, 3.8) is 0 Å². The number of Topliss-reactive ketones (excluding diaryl/α,β-unsaturated/α-hetero) is 1. The van der Waals surface area contributed by atoms with Crippen LogP contribution < -0.4 is 0 Å². The summed E-state index contributed by atoms with van der Waals surface area (Å²) in [5.41, 5.74) is 0.114. The molecular weight excluding hydrogens is 356 g/mol. The van der Waals surface area contributed by atoms with Crippen molar-refractivity contribution in [2.24, 2.45) is 0 Å². The molecule has 0 aromatic heterocycles. The predicted molar refractivity (Wildman–Crippen MR) is 104 cm³/mol. The fraction of sp³-hybridized carbons (Fsp3) is 0.737. The smallest absolute Gasteiger partial charge is 0.381 e. The van der Waals surface area contributed by atoms with Crippen molar-refractivity contribution in [3.05, 3.63) is 12.2 Å². The Morgan fingerprint density at radius 3 is 1.44 bits per heavy atom. The summed E-state index contributed by atoms with van der Waals surface area (Å²) in [6.45, 7) is 16.9. The largest absolute Gasteiger partial charge is 0.394 e. The first-order valence-electron chi connectivity index (χ1n) is 8.80. The molecule has 27 heavy (non-hydrogen) atoms. The van der Waals surface area contributed by atoms with Gasteiger partial charge in [-0.2, -0.15) is 0 Å². The Bertz CT molecular complexity index is 378. The summed E-state index contributed by atoms with van der Waals surface area (Å²) in [6, 6.07) is 0. The van der Waals surface area contributed by atoms with Crippen LogP contribution in [0, 0.1) is 0 Å². The molecule has 8 heteroatoms. The van der Waals surface area contributed by atoms with Gasteiger partial charge in [0, 0.05) is 30.3 Å². The van der Waals surface area contributed by atoms with Crippen LogP contribution in [0.5, 0.6) is 0 Å². The van der Waals surface area contributed by atoms with Crippen molar-refractivity contribution in [2.75, 3.05) is 0 Å². The maximum atomic E-state index is 11.0. The zero-order valence-electron chi connectivity index (χ0n) is 17.9. The minimum atomic E-state index is -0.872. The summed E-state index contributed by atoms with van der Waals surface area (Å²) < 4.78 is 0. The molecule has 0 rings (SSSR count). The molecule has 0 fully saturated rings. The number of hydrogen-bond acceptors (Lipinski definition) is 8. The molecule has 162 valence electrons. The lowest BCUT2D eigenvalue weighted by Crippen LogP contribution is -2.14. The molecular formula is C19H38O8. The molecule has 3 N–H and O–H groups in total. The van der Waals surface area contributed by atoms with E-state index in [1.165, 1.54) is 6.92 Å². The highest BCUT2D eigenvalue weighted by Gasteiger charge is 2.13. The van der Waals surface area contributed by atoms with Gasteiger partial charge in [-0.05, 0) is 54.9 Å². The third-order valence-electron chi connectivity index (χ3n) is 1.43. The van der Waals surface area contributed by atoms with Crippen LogP contribution in [-0.4, -0.2) is 51.4 Å². The molecule has 0 spiro atoms. The fourth-order valence-corrected chi connectivity index (χ4v) is 0.713. The van der Waals surface area contributed by atoms with Gasteiger partial charge in [-0.3, -0.25) is 4.79 Å². The van der Waals surface area contributed by atoms with Gasteiger partial charge in [-0.15, -0.1) is 0 Å². The van der Waals surface area contributed by atoms with Crippen LogP contribution >= 0.6 is 0 Å². The van der Waals surface area contributed by atoms with E-state index in [1.54, 1.807) is 41.5 Å². The number of carbonyl (C=O) groups excluding carboxylic acids is 3. The minimum Gasteiger partial charge on any atom is -0.394 e. The number of aliphatic hydroxyl groups is 3. The monoisotopic (exact) mass is 394 g/mol. The molecule has 0 aliphatic rings. The van der Waals surface area contributed by atoms with Crippen LogP contribution in [0.15, 0.2) is 12.2 Å². The first-order chi connectivity index (χ1) is 12.2. The van der Waals surface area contributed by atoms with E-state index in [-0.39, 0.29) is 36.1 Å². The molecule has 0 saturated carbocycles. The Balaban J connectivity index is -0.000000179. The third-order valence-corrected chi connectivity index (χ3v) is 1.43. The standard InChI is InChI=1S/C10H14O5.3C3H8O/c1-4-5-8(11)6-9(12)14-15-10(13)7(2)3;3*1-3(2)4/h2,4-6H2,1,3H3;3*3-4H,1-2H3. The highest BCUT2D eigenvalue weighted by atomic mass is 17.2. The van der Waals surface area contributed by atoms with Crippen molar-refractivity contribution >= 4 is 17.7 Å². The number of rotatable bonds is 5. The molecule has 0 aliphatic heterocycles. The van der Waals surface area contributed by atoms with Crippen molar-refractivity contribution < 1.29 is 39.5 Å². The SMILES string of the molecule is C=C(C)C(=O)OOC(=O)CC(=O)CCC.CC(C)O.CC(C)O.CC(C)O. The van der Waals surface area contributed by atoms with Crippen molar-refractivity contribution in [1.29, 1.82) is 0 Å². The first-order valence-corrected chi connectivity index (χ1v) is 8.80. The highest BCUT2D eigenvalue weighted by molar-refractivity contribution is 5.95. The molecule has 0 amide bonds. The molecule has 0 aromatic carbocycles. The predicted octanol–water partition coefficient (Wildman–Crippen LogP) is 2.48. The summed E-state index contributed by atoms with van der Waals surface area (Å²) in [6.07, 6.45) is 0.0957. The molecule has 0 heterocycles. The van der Waals surface area contributed by atoms with Crippen LogP contribution in [0.4, 0.5) is 0 Å².